The van der Waals surface area contributed by atoms with E-state index in [-0.39, 0.29) is 12.3 Å². The maximum atomic E-state index is 13.1. The van der Waals surface area contributed by atoms with Crippen molar-refractivity contribution in [3.63, 3.8) is 0 Å². The molecule has 0 spiro atoms. The fourth-order valence-electron chi connectivity index (χ4n) is 3.94. The molecular weight excluding hydrogens is 346 g/mol. The Morgan fingerprint density at radius 2 is 1.96 bits per heavy atom. The third-order valence-corrected chi connectivity index (χ3v) is 5.26. The predicted molar refractivity (Wildman–Crippen MR) is 101 cm³/mol. The van der Waals surface area contributed by atoms with Crippen LogP contribution in [-0.2, 0) is 23.1 Å². The third-order valence-electron chi connectivity index (χ3n) is 5.26. The second-order valence-electron chi connectivity index (χ2n) is 6.94. The van der Waals surface area contributed by atoms with Crippen molar-refractivity contribution < 1.29 is 9.53 Å². The number of nitrogens with one attached hydrogen (secondary N) is 1. The van der Waals surface area contributed by atoms with E-state index in [9.17, 15) is 14.4 Å². The van der Waals surface area contributed by atoms with Gasteiger partial charge in [-0.1, -0.05) is 31.2 Å². The van der Waals surface area contributed by atoms with Crippen LogP contribution in [0.15, 0.2) is 45.1 Å². The van der Waals surface area contributed by atoms with Crippen molar-refractivity contribution >= 4 is 11.8 Å². The zero-order valence-electron chi connectivity index (χ0n) is 15.5. The Hall–Kier alpha value is -3.09. The molecule has 0 saturated carbocycles. The molecular formula is C20H21N3O4. The molecule has 0 fully saturated rings. The number of esters is 1. The Morgan fingerprint density at radius 1 is 1.22 bits per heavy atom. The smallest absolute Gasteiger partial charge is 0.337 e. The van der Waals surface area contributed by atoms with Gasteiger partial charge in [-0.25, -0.2) is 9.59 Å². The Bertz CT molecular complexity index is 1110. The van der Waals surface area contributed by atoms with E-state index in [0.717, 1.165) is 22.1 Å². The van der Waals surface area contributed by atoms with Gasteiger partial charge in [0.15, 0.2) is 0 Å². The van der Waals surface area contributed by atoms with Gasteiger partial charge in [-0.3, -0.25) is 13.9 Å². The highest BCUT2D eigenvalue weighted by Gasteiger charge is 2.42. The summed E-state index contributed by atoms with van der Waals surface area (Å²) in [6.07, 6.45) is 0.739. The molecule has 1 aromatic heterocycles. The fraction of sp³-hybridized carbons (Fsp3) is 0.350. The van der Waals surface area contributed by atoms with Crippen molar-refractivity contribution in [1.82, 2.24) is 9.13 Å². The molecule has 0 aliphatic carbocycles. The van der Waals surface area contributed by atoms with Gasteiger partial charge in [-0.15, -0.1) is 0 Å². The van der Waals surface area contributed by atoms with Gasteiger partial charge in [-0.2, -0.15) is 0 Å². The van der Waals surface area contributed by atoms with Crippen LogP contribution in [0.2, 0.25) is 0 Å². The van der Waals surface area contributed by atoms with Gasteiger partial charge in [0.25, 0.3) is 5.56 Å². The van der Waals surface area contributed by atoms with E-state index in [1.165, 1.54) is 7.05 Å². The van der Waals surface area contributed by atoms with Gasteiger partial charge in [0.1, 0.15) is 12.4 Å². The average molecular weight is 367 g/mol. The standard InChI is InChI=1S/C20H21N3O4/c1-4-9-23-17-16(18(24)22(3)20(23)26)14(12-8-6-5-7-11(12)2)15-13(21-17)10-27-19(15)25/h5-8,14,21H,4,9-10H2,1-3H3/t14-/m0/s1. The third kappa shape index (κ3) is 2.45. The number of aryl methyl sites for hydroxylation is 1. The lowest BCUT2D eigenvalue weighted by molar-refractivity contribution is -0.136. The molecule has 27 heavy (non-hydrogen) atoms. The summed E-state index contributed by atoms with van der Waals surface area (Å²) in [6.45, 7) is 4.51. The highest BCUT2D eigenvalue weighted by atomic mass is 16.5. The predicted octanol–water partition coefficient (Wildman–Crippen LogP) is 1.63. The molecule has 4 rings (SSSR count). The molecule has 3 heterocycles. The first-order chi connectivity index (χ1) is 13.0. The van der Waals surface area contributed by atoms with E-state index in [4.69, 9.17) is 4.74 Å². The van der Waals surface area contributed by atoms with E-state index in [0.29, 0.717) is 29.2 Å². The van der Waals surface area contributed by atoms with E-state index in [1.807, 2.05) is 38.1 Å². The number of hydrogen-bond acceptors (Lipinski definition) is 5. The molecule has 2 aliphatic rings. The zero-order chi connectivity index (χ0) is 19.3. The van der Waals surface area contributed by atoms with Crippen LogP contribution in [0.25, 0.3) is 0 Å². The molecule has 0 amide bonds. The topological polar surface area (TPSA) is 82.3 Å². The number of aromatic nitrogens is 2. The minimum atomic E-state index is -0.560. The molecule has 0 unspecified atom stereocenters. The highest BCUT2D eigenvalue weighted by Crippen LogP contribution is 2.43. The molecule has 140 valence electrons. The fourth-order valence-corrected chi connectivity index (χ4v) is 3.94. The largest absolute Gasteiger partial charge is 0.456 e. The van der Waals surface area contributed by atoms with Gasteiger partial charge in [-0.05, 0) is 24.5 Å². The van der Waals surface area contributed by atoms with Gasteiger partial charge in [0.2, 0.25) is 0 Å². The Morgan fingerprint density at radius 3 is 2.67 bits per heavy atom. The molecule has 1 N–H and O–H groups in total. The molecule has 0 radical (unpaired) electrons. The van der Waals surface area contributed by atoms with E-state index in [1.54, 1.807) is 4.57 Å². The lowest BCUT2D eigenvalue weighted by atomic mass is 9.81. The summed E-state index contributed by atoms with van der Waals surface area (Å²) >= 11 is 0. The molecule has 7 nitrogen and oxygen atoms in total. The normalized spacial score (nSPS) is 18.0. The Labute approximate surface area is 155 Å². The van der Waals surface area contributed by atoms with Crippen molar-refractivity contribution in [2.45, 2.75) is 32.7 Å². The molecule has 1 atom stereocenters. The van der Waals surface area contributed by atoms with Crippen LogP contribution in [0.1, 0.15) is 36.0 Å². The number of cyclic esters (lactones) is 1. The summed E-state index contributed by atoms with van der Waals surface area (Å²) in [6, 6.07) is 7.67. The summed E-state index contributed by atoms with van der Waals surface area (Å²) in [5.74, 6) is -0.517. The number of benzene rings is 1. The highest BCUT2D eigenvalue weighted by molar-refractivity contribution is 5.97. The number of ether oxygens (including phenoxy) is 1. The van der Waals surface area contributed by atoms with Gasteiger partial charge in [0, 0.05) is 13.6 Å². The number of anilines is 1. The van der Waals surface area contributed by atoms with Gasteiger partial charge in [0.05, 0.1) is 22.8 Å². The van der Waals surface area contributed by atoms with Crippen molar-refractivity contribution in [3.8, 4) is 0 Å². The molecule has 2 aromatic rings. The maximum absolute atomic E-state index is 13.1. The van der Waals surface area contributed by atoms with Gasteiger partial charge >= 0.3 is 11.7 Å². The van der Waals surface area contributed by atoms with Crippen LogP contribution in [0.4, 0.5) is 5.82 Å². The average Bonchev–Trinajstić information content (AvgIpc) is 3.03. The van der Waals surface area contributed by atoms with E-state index in [2.05, 4.69) is 5.32 Å². The zero-order valence-corrected chi connectivity index (χ0v) is 15.5. The maximum Gasteiger partial charge on any atom is 0.337 e. The quantitative estimate of drug-likeness (QED) is 0.834. The number of rotatable bonds is 3. The Balaban J connectivity index is 2.10. The van der Waals surface area contributed by atoms with Crippen molar-refractivity contribution in [1.29, 1.82) is 0 Å². The first kappa shape index (κ1) is 17.3. The molecule has 0 bridgehead atoms. The number of hydrogen-bond donors (Lipinski definition) is 1. The van der Waals surface area contributed by atoms with Crippen molar-refractivity contribution in [3.05, 3.63) is 73.1 Å². The minimum absolute atomic E-state index is 0.117. The van der Waals surface area contributed by atoms with Crippen LogP contribution < -0.4 is 16.6 Å². The molecule has 7 heteroatoms. The first-order valence-electron chi connectivity index (χ1n) is 9.02. The number of nitrogens with zero attached hydrogens (tertiary/aromatic N) is 2. The molecule has 2 aliphatic heterocycles. The summed E-state index contributed by atoms with van der Waals surface area (Å²) in [5, 5.41) is 3.15. The Kier molecular flexibility index (Phi) is 4.02. The SMILES string of the molecule is CCCn1c2c(c(=O)n(C)c1=O)[C@@H](c1ccccc1C)C1=C(COC1=O)N2. The number of carbonyl (C=O) groups excluding carboxylic acids is 1. The van der Waals surface area contributed by atoms with Crippen molar-refractivity contribution in [2.75, 3.05) is 11.9 Å². The van der Waals surface area contributed by atoms with E-state index >= 15 is 0 Å². The second-order valence-corrected chi connectivity index (χ2v) is 6.94. The van der Waals surface area contributed by atoms with Crippen molar-refractivity contribution in [2.24, 2.45) is 7.05 Å². The van der Waals surface area contributed by atoms with Crippen LogP contribution in [-0.4, -0.2) is 21.7 Å². The van der Waals surface area contributed by atoms with Crippen LogP contribution in [0.3, 0.4) is 0 Å². The minimum Gasteiger partial charge on any atom is -0.456 e. The molecule has 0 saturated heterocycles. The summed E-state index contributed by atoms with van der Waals surface area (Å²) in [7, 11) is 1.48. The number of carbonyl (C=O) groups is 1. The lowest BCUT2D eigenvalue weighted by Gasteiger charge is -2.29. The number of fused-ring (bicyclic) bond motifs is 1. The van der Waals surface area contributed by atoms with Crippen LogP contribution in [0.5, 0.6) is 0 Å². The molecule has 1 aromatic carbocycles. The summed E-state index contributed by atoms with van der Waals surface area (Å²) < 4.78 is 7.95. The second kappa shape index (κ2) is 6.26. The van der Waals surface area contributed by atoms with Gasteiger partial charge < -0.3 is 10.1 Å². The van der Waals surface area contributed by atoms with Crippen LogP contribution >= 0.6 is 0 Å². The first-order valence-corrected chi connectivity index (χ1v) is 9.02. The summed E-state index contributed by atoms with van der Waals surface area (Å²) in [5.41, 5.74) is 2.56. The summed E-state index contributed by atoms with van der Waals surface area (Å²) in [4.78, 5) is 38.3. The monoisotopic (exact) mass is 367 g/mol. The van der Waals surface area contributed by atoms with E-state index < -0.39 is 17.4 Å². The van der Waals surface area contributed by atoms with Crippen LogP contribution in [0, 0.1) is 6.92 Å². The lowest BCUT2D eigenvalue weighted by Crippen LogP contribution is -2.44.